The number of aliphatic carboxylic acids is 1. The second-order valence-corrected chi connectivity index (χ2v) is 13.0. The van der Waals surface area contributed by atoms with Gasteiger partial charge in [0.15, 0.2) is 0 Å². The first kappa shape index (κ1) is 35.7. The average molecular weight is 695 g/mol. The molecule has 6 rings (SSSR count). The smallest absolute Gasteiger partial charge is 0.308 e. The molecule has 1 saturated heterocycles. The quantitative estimate of drug-likeness (QED) is 0.143. The highest BCUT2D eigenvalue weighted by atomic mass is 16.7. The maximum absolute atomic E-state index is 13.0. The SMILES string of the molecule is C=Cc1c(C)c2cc3[nH]c(cc4nc(cc5nc(cc1[nH]2)C(C)=C5CCC(=O)O[C@@H]1O[C@H](CO)[C@@H](O)[C@H]1O)C(CCC(=O)O)=C4C)c(C)c3C=C. The van der Waals surface area contributed by atoms with Crippen molar-refractivity contribution < 1.29 is 39.5 Å². The van der Waals surface area contributed by atoms with E-state index in [1.807, 2.05) is 58.0 Å². The zero-order chi connectivity index (χ0) is 36.7. The molecule has 0 aliphatic carbocycles. The van der Waals surface area contributed by atoms with Crippen molar-refractivity contribution in [1.82, 2.24) is 19.9 Å². The highest BCUT2D eigenvalue weighted by Gasteiger charge is 2.44. The molecule has 266 valence electrons. The number of aryl methyl sites for hydroxylation is 2. The fourth-order valence-electron chi connectivity index (χ4n) is 6.91. The van der Waals surface area contributed by atoms with Crippen LogP contribution in [-0.4, -0.2) is 83.5 Å². The summed E-state index contributed by atoms with van der Waals surface area (Å²) in [6.45, 7) is 15.5. The average Bonchev–Trinajstić information content (AvgIpc) is 3.82. The van der Waals surface area contributed by atoms with E-state index in [0.717, 1.165) is 66.6 Å². The summed E-state index contributed by atoms with van der Waals surface area (Å²) >= 11 is 0. The maximum atomic E-state index is 13.0. The maximum Gasteiger partial charge on any atom is 0.308 e. The van der Waals surface area contributed by atoms with E-state index in [1.54, 1.807) is 6.08 Å². The fourth-order valence-corrected chi connectivity index (χ4v) is 6.91. The van der Waals surface area contributed by atoms with Gasteiger partial charge in [0.2, 0.25) is 6.29 Å². The van der Waals surface area contributed by atoms with Gasteiger partial charge in [-0.1, -0.05) is 25.3 Å². The Morgan fingerprint density at radius 2 is 1.29 bits per heavy atom. The minimum atomic E-state index is -1.49. The van der Waals surface area contributed by atoms with Crippen molar-refractivity contribution in [1.29, 1.82) is 0 Å². The zero-order valence-corrected chi connectivity index (χ0v) is 29.0. The number of hydrogen-bond donors (Lipinski definition) is 6. The number of aromatic amines is 2. The number of aromatic nitrogens is 4. The Bertz CT molecular complexity index is 2190. The summed E-state index contributed by atoms with van der Waals surface area (Å²) in [5, 5.41) is 39.3. The molecule has 0 spiro atoms. The number of H-pyrrole nitrogens is 2. The highest BCUT2D eigenvalue weighted by molar-refractivity contribution is 5.97. The van der Waals surface area contributed by atoms with Crippen LogP contribution in [0.3, 0.4) is 0 Å². The van der Waals surface area contributed by atoms with Crippen molar-refractivity contribution in [2.24, 2.45) is 0 Å². The van der Waals surface area contributed by atoms with Gasteiger partial charge in [-0.15, -0.1) is 0 Å². The van der Waals surface area contributed by atoms with Gasteiger partial charge in [-0.25, -0.2) is 9.97 Å². The normalized spacial score (nSPS) is 20.2. The number of rotatable bonds is 10. The number of ether oxygens (including phenoxy) is 2. The summed E-state index contributed by atoms with van der Waals surface area (Å²) in [6, 6.07) is 7.77. The third-order valence-electron chi connectivity index (χ3n) is 9.96. The van der Waals surface area contributed by atoms with Crippen molar-refractivity contribution in [3.8, 4) is 0 Å². The lowest BCUT2D eigenvalue weighted by atomic mass is 9.98. The molecule has 0 saturated carbocycles. The summed E-state index contributed by atoms with van der Waals surface area (Å²) < 4.78 is 10.7. The third-order valence-corrected chi connectivity index (χ3v) is 9.96. The number of nitrogens with one attached hydrogen (secondary N) is 2. The Labute approximate surface area is 294 Å². The van der Waals surface area contributed by atoms with Crippen LogP contribution in [0.4, 0.5) is 0 Å². The number of carboxylic acids is 1. The number of esters is 1. The second kappa shape index (κ2) is 14.2. The lowest BCUT2D eigenvalue weighted by molar-refractivity contribution is -0.189. The minimum Gasteiger partial charge on any atom is -0.481 e. The second-order valence-electron chi connectivity index (χ2n) is 13.0. The first-order valence-electron chi connectivity index (χ1n) is 16.8. The van der Waals surface area contributed by atoms with Crippen LogP contribution in [0.15, 0.2) is 37.4 Å². The first-order valence-corrected chi connectivity index (χ1v) is 16.8. The Balaban J connectivity index is 1.53. The predicted octanol–water partition coefficient (Wildman–Crippen LogP) is 5.71. The molecule has 12 heteroatoms. The van der Waals surface area contributed by atoms with Gasteiger partial charge in [0.1, 0.15) is 18.3 Å². The van der Waals surface area contributed by atoms with E-state index in [2.05, 4.69) is 23.1 Å². The van der Waals surface area contributed by atoms with Crippen LogP contribution < -0.4 is 0 Å². The number of carbonyl (C=O) groups is 2. The van der Waals surface area contributed by atoms with Gasteiger partial charge in [0.05, 0.1) is 29.4 Å². The molecular formula is C39H42N4O8. The number of fused-ring (bicyclic) bond motifs is 8. The van der Waals surface area contributed by atoms with Crippen LogP contribution in [-0.2, 0) is 19.1 Å². The summed E-state index contributed by atoms with van der Waals surface area (Å²) in [5.74, 6) is -1.59. The van der Waals surface area contributed by atoms with Gasteiger partial charge in [-0.2, -0.15) is 0 Å². The Morgan fingerprint density at radius 1 is 0.784 bits per heavy atom. The largest absolute Gasteiger partial charge is 0.481 e. The van der Waals surface area contributed by atoms with E-state index in [9.17, 15) is 30.0 Å². The number of carboxylic acid groups (broad SMARTS) is 1. The summed E-state index contributed by atoms with van der Waals surface area (Å²) in [6.07, 6.45) is -1.47. The summed E-state index contributed by atoms with van der Waals surface area (Å²) in [5.41, 5.74) is 12.9. The molecule has 6 N–H and O–H groups in total. The number of allylic oxidation sites excluding steroid dienone is 4. The van der Waals surface area contributed by atoms with Crippen LogP contribution in [0.1, 0.15) is 84.6 Å². The van der Waals surface area contributed by atoms with Crippen molar-refractivity contribution in [2.45, 2.75) is 78.0 Å². The molecule has 6 heterocycles. The monoisotopic (exact) mass is 694 g/mol. The third kappa shape index (κ3) is 6.71. The van der Waals surface area contributed by atoms with Crippen LogP contribution in [0.2, 0.25) is 0 Å². The van der Waals surface area contributed by atoms with E-state index in [-0.39, 0.29) is 25.7 Å². The van der Waals surface area contributed by atoms with Gasteiger partial charge >= 0.3 is 11.9 Å². The summed E-state index contributed by atoms with van der Waals surface area (Å²) in [7, 11) is 0. The molecule has 8 bridgehead atoms. The number of aliphatic hydroxyl groups is 3. The molecule has 3 aromatic rings. The van der Waals surface area contributed by atoms with Crippen molar-refractivity contribution >= 4 is 68.4 Å². The van der Waals surface area contributed by atoms with E-state index in [4.69, 9.17) is 19.4 Å². The molecule has 0 aromatic carbocycles. The molecule has 0 unspecified atom stereocenters. The highest BCUT2D eigenvalue weighted by Crippen LogP contribution is 2.38. The molecule has 12 nitrogen and oxygen atoms in total. The first-order chi connectivity index (χ1) is 24.3. The van der Waals surface area contributed by atoms with Crippen molar-refractivity contribution in [2.75, 3.05) is 6.61 Å². The van der Waals surface area contributed by atoms with Gasteiger partial charge in [0.25, 0.3) is 0 Å². The Kier molecular flexibility index (Phi) is 9.96. The van der Waals surface area contributed by atoms with E-state index in [1.165, 1.54) is 0 Å². The van der Waals surface area contributed by atoms with Gasteiger partial charge < -0.3 is 39.9 Å². The molecule has 3 aliphatic heterocycles. The van der Waals surface area contributed by atoms with E-state index < -0.39 is 43.1 Å². The Morgan fingerprint density at radius 3 is 1.80 bits per heavy atom. The summed E-state index contributed by atoms with van der Waals surface area (Å²) in [4.78, 5) is 41.8. The predicted molar refractivity (Wildman–Crippen MR) is 196 cm³/mol. The van der Waals surface area contributed by atoms with Crippen LogP contribution in [0, 0.1) is 13.8 Å². The molecule has 4 atom stereocenters. The number of aliphatic hydroxyl groups excluding tert-OH is 3. The molecule has 0 radical (unpaired) electrons. The zero-order valence-electron chi connectivity index (χ0n) is 29.0. The molecule has 3 aromatic heterocycles. The van der Waals surface area contributed by atoms with Gasteiger partial charge in [-0.05, 0) is 98.2 Å². The molecule has 3 aliphatic rings. The molecule has 51 heavy (non-hydrogen) atoms. The van der Waals surface area contributed by atoms with E-state index >= 15 is 0 Å². The van der Waals surface area contributed by atoms with Gasteiger partial charge in [0, 0.05) is 46.0 Å². The number of carbonyl (C=O) groups excluding carboxylic acids is 1. The lowest BCUT2D eigenvalue weighted by Crippen LogP contribution is -2.35. The van der Waals surface area contributed by atoms with E-state index in [0.29, 0.717) is 22.8 Å². The number of hydrogen-bond acceptors (Lipinski definition) is 9. The van der Waals surface area contributed by atoms with Crippen molar-refractivity contribution in [3.05, 3.63) is 82.5 Å². The Hall–Kier alpha value is -5.14. The fraction of sp³-hybridized carbons (Fsp3) is 0.333. The lowest BCUT2D eigenvalue weighted by Gasteiger charge is -2.15. The minimum absolute atomic E-state index is 0.0845. The van der Waals surface area contributed by atoms with Crippen LogP contribution in [0.25, 0.3) is 56.5 Å². The topological polar surface area (TPSA) is 191 Å². The number of nitrogens with zero attached hydrogens (tertiary/aromatic N) is 2. The standard InChI is InChI=1S/C39H42N4O8/c1-7-22-18(3)26-13-27-20(5)24(9-11-35(45)46)32(42-27)16-33-25(10-12-36(47)51-39-38(49)37(48)34(17-44)50-39)21(6)29(43-33)15-31-23(8-2)19(4)28(41-31)14-30(22)40-26/h7-8,13-16,34,37-41,44,48-49H,1-2,9-12,17H2,3-6H3,(H,45,46)/t34-,37-,38-,39+/m1/s1. The van der Waals surface area contributed by atoms with Crippen molar-refractivity contribution in [3.63, 3.8) is 0 Å². The molecular weight excluding hydrogens is 652 g/mol. The van der Waals surface area contributed by atoms with Crippen LogP contribution in [0.5, 0.6) is 0 Å². The van der Waals surface area contributed by atoms with Gasteiger partial charge in [-0.3, -0.25) is 9.59 Å². The molecule has 0 amide bonds. The molecule has 1 fully saturated rings. The van der Waals surface area contributed by atoms with Crippen LogP contribution >= 0.6 is 0 Å².